The van der Waals surface area contributed by atoms with E-state index in [0.717, 1.165) is 4.90 Å². The highest BCUT2D eigenvalue weighted by Crippen LogP contribution is 2.39. The molecule has 0 aliphatic carbocycles. The normalized spacial score (nSPS) is 19.8. The van der Waals surface area contributed by atoms with E-state index < -0.39 is 23.5 Å². The second kappa shape index (κ2) is 6.09. The molecule has 1 saturated heterocycles. The number of likely N-dealkylation sites (tertiary alicyclic amines) is 1. The van der Waals surface area contributed by atoms with E-state index in [1.807, 2.05) is 0 Å². The van der Waals surface area contributed by atoms with Gasteiger partial charge in [-0.3, -0.25) is 9.59 Å². The molecule has 0 saturated carbocycles. The lowest BCUT2D eigenvalue weighted by molar-refractivity contribution is -0.139. The van der Waals surface area contributed by atoms with Crippen molar-refractivity contribution in [3.05, 3.63) is 76.1 Å². The third kappa shape index (κ3) is 2.57. The van der Waals surface area contributed by atoms with Crippen molar-refractivity contribution in [2.75, 3.05) is 7.05 Å². The van der Waals surface area contributed by atoms with Gasteiger partial charge in [-0.25, -0.2) is 4.39 Å². The van der Waals surface area contributed by atoms with Crippen LogP contribution in [-0.2, 0) is 9.59 Å². The number of benzene rings is 2. The molecule has 1 aliphatic rings. The Hall–Kier alpha value is -2.66. The molecule has 6 heteroatoms. The number of aliphatic hydroxyl groups is 1. The average Bonchev–Trinajstić information content (AvgIpc) is 2.79. The molecule has 4 nitrogen and oxygen atoms in total. The van der Waals surface area contributed by atoms with Crippen molar-refractivity contribution in [3.8, 4) is 0 Å². The fourth-order valence-corrected chi connectivity index (χ4v) is 2.90. The Morgan fingerprint density at radius 2 is 1.75 bits per heavy atom. The minimum atomic E-state index is -0.984. The molecule has 0 aromatic heterocycles. The number of amides is 1. The first-order chi connectivity index (χ1) is 11.4. The first-order valence-corrected chi connectivity index (χ1v) is 7.54. The number of likely N-dealkylation sites (N-methyl/N-ethyl adjacent to an activating group) is 1. The zero-order valence-corrected chi connectivity index (χ0v) is 13.4. The van der Waals surface area contributed by atoms with E-state index >= 15 is 0 Å². The molecule has 0 spiro atoms. The second-order valence-electron chi connectivity index (χ2n) is 5.44. The lowest BCUT2D eigenvalue weighted by Gasteiger charge is -2.21. The number of nitrogens with zero attached hydrogens (tertiary/aromatic N) is 1. The minimum Gasteiger partial charge on any atom is -0.507 e. The Labute approximate surface area is 142 Å². The molecule has 0 bridgehead atoms. The summed E-state index contributed by atoms with van der Waals surface area (Å²) in [6.07, 6.45) is 0. The highest BCUT2D eigenvalue weighted by atomic mass is 35.5. The molecule has 1 N–H and O–H groups in total. The van der Waals surface area contributed by atoms with Crippen LogP contribution in [0.1, 0.15) is 17.2 Å². The minimum absolute atomic E-state index is 0.144. The molecule has 2 aromatic carbocycles. The number of hydrogen-bond acceptors (Lipinski definition) is 3. The first kappa shape index (κ1) is 16.2. The van der Waals surface area contributed by atoms with Gasteiger partial charge in [0.1, 0.15) is 11.6 Å². The number of halogens is 2. The van der Waals surface area contributed by atoms with Crippen LogP contribution in [0.2, 0.25) is 5.02 Å². The molecule has 1 atom stereocenters. The van der Waals surface area contributed by atoms with Gasteiger partial charge < -0.3 is 10.0 Å². The van der Waals surface area contributed by atoms with Gasteiger partial charge in [-0.15, -0.1) is 0 Å². The van der Waals surface area contributed by atoms with Crippen LogP contribution in [0.3, 0.4) is 0 Å². The van der Waals surface area contributed by atoms with Gasteiger partial charge in [-0.1, -0.05) is 29.8 Å². The van der Waals surface area contributed by atoms with Gasteiger partial charge in [-0.05, 0) is 30.3 Å². The van der Waals surface area contributed by atoms with Gasteiger partial charge in [0.25, 0.3) is 11.7 Å². The van der Waals surface area contributed by atoms with E-state index in [1.54, 1.807) is 18.2 Å². The van der Waals surface area contributed by atoms with Crippen LogP contribution in [0, 0.1) is 5.82 Å². The summed E-state index contributed by atoms with van der Waals surface area (Å²) < 4.78 is 14.2. The summed E-state index contributed by atoms with van der Waals surface area (Å²) >= 11 is 5.82. The monoisotopic (exact) mass is 345 g/mol. The van der Waals surface area contributed by atoms with Crippen LogP contribution >= 0.6 is 11.6 Å². The summed E-state index contributed by atoms with van der Waals surface area (Å²) in [6, 6.07) is 11.0. The van der Waals surface area contributed by atoms with E-state index in [0.29, 0.717) is 10.6 Å². The van der Waals surface area contributed by atoms with Gasteiger partial charge in [0, 0.05) is 23.2 Å². The number of aliphatic hydroxyl groups excluding tert-OH is 1. The fraction of sp³-hybridized carbons (Fsp3) is 0.111. The third-order valence-corrected chi connectivity index (χ3v) is 4.24. The maximum atomic E-state index is 14.2. The molecular weight excluding hydrogens is 333 g/mol. The Morgan fingerprint density at radius 3 is 2.38 bits per heavy atom. The van der Waals surface area contributed by atoms with Crippen LogP contribution in [0.25, 0.3) is 5.76 Å². The fourth-order valence-electron chi connectivity index (χ4n) is 2.77. The highest BCUT2D eigenvalue weighted by molar-refractivity contribution is 6.46. The Balaban J connectivity index is 2.20. The zero-order valence-electron chi connectivity index (χ0n) is 12.7. The smallest absolute Gasteiger partial charge is 0.295 e. The van der Waals surface area contributed by atoms with Crippen LogP contribution in [0.4, 0.5) is 4.39 Å². The molecule has 122 valence electrons. The highest BCUT2D eigenvalue weighted by Gasteiger charge is 2.45. The summed E-state index contributed by atoms with van der Waals surface area (Å²) in [5.74, 6) is -2.56. The maximum Gasteiger partial charge on any atom is 0.295 e. The summed E-state index contributed by atoms with van der Waals surface area (Å²) in [7, 11) is 1.40. The van der Waals surface area contributed by atoms with Gasteiger partial charge in [0.2, 0.25) is 0 Å². The number of rotatable bonds is 2. The van der Waals surface area contributed by atoms with Crippen molar-refractivity contribution in [1.29, 1.82) is 0 Å². The third-order valence-electron chi connectivity index (χ3n) is 3.99. The summed E-state index contributed by atoms with van der Waals surface area (Å²) in [4.78, 5) is 25.6. The molecule has 2 aromatic rings. The predicted octanol–water partition coefficient (Wildman–Crippen LogP) is 3.53. The first-order valence-electron chi connectivity index (χ1n) is 7.16. The van der Waals surface area contributed by atoms with E-state index in [2.05, 4.69) is 0 Å². The van der Waals surface area contributed by atoms with Gasteiger partial charge in [0.05, 0.1) is 11.6 Å². The van der Waals surface area contributed by atoms with Crippen LogP contribution < -0.4 is 0 Å². The van der Waals surface area contributed by atoms with Crippen LogP contribution in [0.15, 0.2) is 54.1 Å². The lowest BCUT2D eigenvalue weighted by Crippen LogP contribution is -2.25. The number of carbonyl (C=O) groups excluding carboxylic acids is 2. The van der Waals surface area contributed by atoms with Crippen molar-refractivity contribution >= 4 is 29.1 Å². The molecule has 1 fully saturated rings. The van der Waals surface area contributed by atoms with Gasteiger partial charge >= 0.3 is 0 Å². The largest absolute Gasteiger partial charge is 0.507 e. The van der Waals surface area contributed by atoms with Crippen molar-refractivity contribution in [1.82, 2.24) is 4.90 Å². The van der Waals surface area contributed by atoms with E-state index in [1.165, 1.54) is 37.4 Å². The van der Waals surface area contributed by atoms with Crippen molar-refractivity contribution < 1.29 is 19.1 Å². The van der Waals surface area contributed by atoms with Crippen LogP contribution in [-0.4, -0.2) is 28.7 Å². The summed E-state index contributed by atoms with van der Waals surface area (Å²) in [5.41, 5.74) is 0.330. The molecular formula is C18H13ClFNO3. The molecule has 1 heterocycles. The molecule has 1 aliphatic heterocycles. The van der Waals surface area contributed by atoms with E-state index in [4.69, 9.17) is 11.6 Å². The van der Waals surface area contributed by atoms with Gasteiger partial charge in [0.15, 0.2) is 0 Å². The Kier molecular flexibility index (Phi) is 4.11. The zero-order chi connectivity index (χ0) is 17.4. The molecule has 0 unspecified atom stereocenters. The topological polar surface area (TPSA) is 57.6 Å². The molecule has 3 rings (SSSR count). The second-order valence-corrected chi connectivity index (χ2v) is 5.87. The van der Waals surface area contributed by atoms with Gasteiger partial charge in [-0.2, -0.15) is 0 Å². The summed E-state index contributed by atoms with van der Waals surface area (Å²) in [6.45, 7) is 0. The number of hydrogen-bond donors (Lipinski definition) is 1. The molecule has 24 heavy (non-hydrogen) atoms. The van der Waals surface area contributed by atoms with Crippen LogP contribution in [0.5, 0.6) is 0 Å². The standard InChI is InChI=1S/C18H13ClFNO3/c1-21-15(12-4-2-3-5-13(12)20)14(17(23)18(21)24)16(22)10-6-8-11(19)9-7-10/h2-9,15,22H,1H3/b16-14-/t15-/m1/s1. The molecule has 1 amide bonds. The SMILES string of the molecule is CN1C(=O)C(=O)/C(=C(\O)c2ccc(Cl)cc2)[C@H]1c1ccccc1F. The van der Waals surface area contributed by atoms with E-state index in [-0.39, 0.29) is 16.9 Å². The number of ketones is 1. The summed E-state index contributed by atoms with van der Waals surface area (Å²) in [5, 5.41) is 11.0. The van der Waals surface area contributed by atoms with Crippen molar-refractivity contribution in [2.45, 2.75) is 6.04 Å². The number of Topliss-reactive ketones (excluding diaryl/α,β-unsaturated/α-hetero) is 1. The average molecular weight is 346 g/mol. The predicted molar refractivity (Wildman–Crippen MR) is 87.9 cm³/mol. The Bertz CT molecular complexity index is 861. The maximum absolute atomic E-state index is 14.2. The molecule has 0 radical (unpaired) electrons. The number of carbonyl (C=O) groups is 2. The quantitative estimate of drug-likeness (QED) is 0.514. The lowest BCUT2D eigenvalue weighted by atomic mass is 9.95. The van der Waals surface area contributed by atoms with Crippen molar-refractivity contribution in [2.24, 2.45) is 0 Å². The van der Waals surface area contributed by atoms with E-state index in [9.17, 15) is 19.1 Å². The van der Waals surface area contributed by atoms with Crippen molar-refractivity contribution in [3.63, 3.8) is 0 Å². The Morgan fingerprint density at radius 1 is 1.12 bits per heavy atom.